The van der Waals surface area contributed by atoms with E-state index in [1.165, 1.54) is 12.3 Å². The molecule has 0 amide bonds. The summed E-state index contributed by atoms with van der Waals surface area (Å²) in [7, 11) is 0. The third-order valence-electron chi connectivity index (χ3n) is 2.40. The molecule has 0 spiro atoms. The lowest BCUT2D eigenvalue weighted by Crippen LogP contribution is -1.92. The quantitative estimate of drug-likeness (QED) is 0.617. The maximum atomic E-state index is 13.6. The Kier molecular flexibility index (Phi) is 2.30. The number of furan rings is 1. The first kappa shape index (κ1) is 10.2. The van der Waals surface area contributed by atoms with Gasteiger partial charge in [-0.2, -0.15) is 0 Å². The molecule has 84 valence electrons. The number of aromatic nitrogens is 2. The fourth-order valence-corrected chi connectivity index (χ4v) is 1.86. The zero-order valence-electron chi connectivity index (χ0n) is 8.52. The molecule has 0 saturated carbocycles. The number of hydrogen-bond donors (Lipinski definition) is 0. The van der Waals surface area contributed by atoms with Gasteiger partial charge in [0.2, 0.25) is 5.28 Å². The number of nitrogens with zero attached hydrogens (tertiary/aromatic N) is 2. The summed E-state index contributed by atoms with van der Waals surface area (Å²) >= 11 is 5.78. The average molecular weight is 249 g/mol. The Morgan fingerprint density at radius 2 is 2.00 bits per heavy atom. The predicted molar refractivity (Wildman–Crippen MR) is 62.2 cm³/mol. The minimum atomic E-state index is -0.431. The van der Waals surface area contributed by atoms with Crippen molar-refractivity contribution in [2.45, 2.75) is 0 Å². The fraction of sp³-hybridized carbons (Fsp3) is 0. The van der Waals surface area contributed by atoms with Gasteiger partial charge in [-0.15, -0.1) is 0 Å². The van der Waals surface area contributed by atoms with Crippen LogP contribution in [0.25, 0.3) is 22.4 Å². The lowest BCUT2D eigenvalue weighted by atomic mass is 10.1. The van der Waals surface area contributed by atoms with Gasteiger partial charge in [0.25, 0.3) is 0 Å². The maximum absolute atomic E-state index is 13.6. The van der Waals surface area contributed by atoms with Crippen molar-refractivity contribution in [2.24, 2.45) is 0 Å². The van der Waals surface area contributed by atoms with Crippen LogP contribution in [0.5, 0.6) is 0 Å². The third kappa shape index (κ3) is 1.66. The van der Waals surface area contributed by atoms with Gasteiger partial charge < -0.3 is 4.42 Å². The number of hydrogen-bond acceptors (Lipinski definition) is 3. The molecular formula is C12H6ClFN2O. The summed E-state index contributed by atoms with van der Waals surface area (Å²) in [6.07, 6.45) is 1.52. The molecule has 0 unspecified atom stereocenters. The van der Waals surface area contributed by atoms with Crippen molar-refractivity contribution in [3.8, 4) is 11.5 Å². The van der Waals surface area contributed by atoms with E-state index in [0.29, 0.717) is 16.8 Å². The Morgan fingerprint density at radius 3 is 2.76 bits per heavy atom. The number of halogens is 2. The highest BCUT2D eigenvalue weighted by Gasteiger charge is 2.13. The van der Waals surface area contributed by atoms with Crippen LogP contribution in [0.4, 0.5) is 4.39 Å². The van der Waals surface area contributed by atoms with Crippen LogP contribution in [0.3, 0.4) is 0 Å². The van der Waals surface area contributed by atoms with Crippen molar-refractivity contribution in [1.29, 1.82) is 0 Å². The molecule has 0 aliphatic rings. The van der Waals surface area contributed by atoms with Gasteiger partial charge in [-0.25, -0.2) is 14.4 Å². The molecule has 2 heterocycles. The van der Waals surface area contributed by atoms with Gasteiger partial charge >= 0.3 is 0 Å². The SMILES string of the molecule is Fc1cccc2c(-c3ccco3)nc(Cl)nc12. The molecule has 0 aliphatic carbocycles. The molecule has 1 aromatic carbocycles. The van der Waals surface area contributed by atoms with Crippen LogP contribution in [0, 0.1) is 5.82 Å². The van der Waals surface area contributed by atoms with Gasteiger partial charge in [-0.3, -0.25) is 0 Å². The molecule has 3 aromatic rings. The first-order chi connectivity index (χ1) is 8.25. The molecule has 2 aromatic heterocycles. The van der Waals surface area contributed by atoms with Crippen LogP contribution in [-0.2, 0) is 0 Å². The molecule has 5 heteroatoms. The van der Waals surface area contributed by atoms with Crippen LogP contribution in [0.2, 0.25) is 5.28 Å². The molecule has 0 atom stereocenters. The average Bonchev–Trinajstić information content (AvgIpc) is 2.83. The summed E-state index contributed by atoms with van der Waals surface area (Å²) in [6, 6.07) is 8.13. The second kappa shape index (κ2) is 3.82. The molecule has 0 aliphatic heterocycles. The van der Waals surface area contributed by atoms with Crippen LogP contribution < -0.4 is 0 Å². The standard InChI is InChI=1S/C12H6ClFN2O/c13-12-15-10-7(3-1-4-8(10)14)11(16-12)9-5-2-6-17-9/h1-6H. The van der Waals surface area contributed by atoms with E-state index in [1.807, 2.05) is 0 Å². The van der Waals surface area contributed by atoms with Crippen LogP contribution in [0.1, 0.15) is 0 Å². The van der Waals surface area contributed by atoms with Gasteiger partial charge in [0, 0.05) is 5.39 Å². The van der Waals surface area contributed by atoms with Crippen molar-refractivity contribution >= 4 is 22.5 Å². The molecule has 0 N–H and O–H groups in total. The lowest BCUT2D eigenvalue weighted by Gasteiger charge is -2.04. The van der Waals surface area contributed by atoms with Gasteiger partial charge in [0.1, 0.15) is 17.0 Å². The molecule has 0 saturated heterocycles. The molecule has 3 rings (SSSR count). The summed E-state index contributed by atoms with van der Waals surface area (Å²) in [5.74, 6) is 0.101. The van der Waals surface area contributed by atoms with Gasteiger partial charge in [-0.05, 0) is 29.8 Å². The van der Waals surface area contributed by atoms with Gasteiger partial charge in [0.05, 0.1) is 6.26 Å². The van der Waals surface area contributed by atoms with Gasteiger partial charge in [-0.1, -0.05) is 12.1 Å². The highest BCUT2D eigenvalue weighted by molar-refractivity contribution is 6.28. The largest absolute Gasteiger partial charge is 0.463 e. The fourth-order valence-electron chi connectivity index (χ4n) is 1.69. The molecular weight excluding hydrogens is 243 g/mol. The van der Waals surface area contributed by atoms with Crippen molar-refractivity contribution in [2.75, 3.05) is 0 Å². The Bertz CT molecular complexity index is 682. The Hall–Kier alpha value is -1.94. The lowest BCUT2D eigenvalue weighted by molar-refractivity contribution is 0.580. The van der Waals surface area contributed by atoms with Crippen LogP contribution in [-0.4, -0.2) is 9.97 Å². The molecule has 0 fully saturated rings. The smallest absolute Gasteiger partial charge is 0.223 e. The maximum Gasteiger partial charge on any atom is 0.223 e. The monoisotopic (exact) mass is 248 g/mol. The van der Waals surface area contributed by atoms with Crippen LogP contribution >= 0.6 is 11.6 Å². The van der Waals surface area contributed by atoms with E-state index in [0.717, 1.165) is 0 Å². The first-order valence-electron chi connectivity index (χ1n) is 4.91. The summed E-state index contributed by atoms with van der Waals surface area (Å²) < 4.78 is 18.9. The highest BCUT2D eigenvalue weighted by Crippen LogP contribution is 2.28. The van der Waals surface area contributed by atoms with Crippen molar-refractivity contribution in [1.82, 2.24) is 9.97 Å². The Morgan fingerprint density at radius 1 is 1.12 bits per heavy atom. The normalized spacial score (nSPS) is 10.9. The molecule has 3 nitrogen and oxygen atoms in total. The highest BCUT2D eigenvalue weighted by atomic mass is 35.5. The minimum absolute atomic E-state index is 0.00556. The van der Waals surface area contributed by atoms with Gasteiger partial charge in [0.15, 0.2) is 5.76 Å². The van der Waals surface area contributed by atoms with Crippen molar-refractivity contribution < 1.29 is 8.81 Å². The van der Waals surface area contributed by atoms with E-state index in [9.17, 15) is 4.39 Å². The van der Waals surface area contributed by atoms with Crippen molar-refractivity contribution in [3.05, 3.63) is 47.7 Å². The zero-order chi connectivity index (χ0) is 11.8. The molecule has 0 bridgehead atoms. The Labute approximate surface area is 101 Å². The van der Waals surface area contributed by atoms with E-state index < -0.39 is 5.82 Å². The minimum Gasteiger partial charge on any atom is -0.463 e. The number of benzene rings is 1. The van der Waals surface area contributed by atoms with E-state index in [4.69, 9.17) is 16.0 Å². The van der Waals surface area contributed by atoms with E-state index in [2.05, 4.69) is 9.97 Å². The number of fused-ring (bicyclic) bond motifs is 1. The topological polar surface area (TPSA) is 38.9 Å². The zero-order valence-corrected chi connectivity index (χ0v) is 9.28. The second-order valence-electron chi connectivity index (χ2n) is 3.45. The van der Waals surface area contributed by atoms with E-state index >= 15 is 0 Å². The summed E-state index contributed by atoms with van der Waals surface area (Å²) in [6.45, 7) is 0. The van der Waals surface area contributed by atoms with E-state index in [1.54, 1.807) is 24.3 Å². The number of rotatable bonds is 1. The van der Waals surface area contributed by atoms with Crippen LogP contribution in [0.15, 0.2) is 41.0 Å². The summed E-state index contributed by atoms with van der Waals surface area (Å²) in [4.78, 5) is 7.96. The number of para-hydroxylation sites is 1. The van der Waals surface area contributed by atoms with E-state index in [-0.39, 0.29) is 10.8 Å². The first-order valence-corrected chi connectivity index (χ1v) is 5.29. The summed E-state index contributed by atoms with van der Waals surface area (Å²) in [5.41, 5.74) is 0.684. The third-order valence-corrected chi connectivity index (χ3v) is 2.57. The summed E-state index contributed by atoms with van der Waals surface area (Å²) in [5, 5.41) is 0.568. The van der Waals surface area contributed by atoms with Crippen molar-refractivity contribution in [3.63, 3.8) is 0 Å². The second-order valence-corrected chi connectivity index (χ2v) is 3.79. The molecule has 0 radical (unpaired) electrons. The Balaban J connectivity index is 2.42. The predicted octanol–water partition coefficient (Wildman–Crippen LogP) is 3.68. The molecule has 17 heavy (non-hydrogen) atoms.